The van der Waals surface area contributed by atoms with Crippen LogP contribution in [0.15, 0.2) is 55.0 Å². The Morgan fingerprint density at radius 2 is 1.76 bits per heavy atom. The van der Waals surface area contributed by atoms with Gasteiger partial charge in [0.2, 0.25) is 0 Å². The van der Waals surface area contributed by atoms with Gasteiger partial charge in [0.1, 0.15) is 23.6 Å². The predicted octanol–water partition coefficient (Wildman–Crippen LogP) is 3.46. The van der Waals surface area contributed by atoms with E-state index in [1.165, 1.54) is 6.20 Å². The molecule has 3 amide bonds. The number of ether oxygens (including phenoxy) is 1. The van der Waals surface area contributed by atoms with E-state index in [1.54, 1.807) is 25.4 Å². The topological polar surface area (TPSA) is 137 Å². The highest BCUT2D eigenvalue weighted by Crippen LogP contribution is 2.29. The van der Waals surface area contributed by atoms with Gasteiger partial charge in [-0.3, -0.25) is 10.1 Å². The van der Waals surface area contributed by atoms with Crippen molar-refractivity contribution in [1.82, 2.24) is 19.9 Å². The van der Waals surface area contributed by atoms with Crippen LogP contribution in [0.25, 0.3) is 22.3 Å². The molecule has 1 fully saturated rings. The second-order valence-corrected chi connectivity index (χ2v) is 8.16. The summed E-state index contributed by atoms with van der Waals surface area (Å²) in [5, 5.41) is 8.99. The number of anilines is 4. The van der Waals surface area contributed by atoms with E-state index in [0.29, 0.717) is 30.4 Å². The van der Waals surface area contributed by atoms with Crippen LogP contribution in [-0.2, 0) is 9.53 Å². The fourth-order valence-electron chi connectivity index (χ4n) is 3.94. The lowest BCUT2D eigenvalue weighted by atomic mass is 10.1. The largest absolute Gasteiger partial charge is 0.378 e. The van der Waals surface area contributed by atoms with Gasteiger partial charge >= 0.3 is 6.03 Å². The highest BCUT2D eigenvalue weighted by molar-refractivity contribution is 6.04. The van der Waals surface area contributed by atoms with Crippen LogP contribution in [0, 0.1) is 11.8 Å². The molecule has 0 radical (unpaired) electrons. The summed E-state index contributed by atoms with van der Waals surface area (Å²) in [5.74, 6) is 5.71. The number of nitrogens with zero attached hydrogens (tertiary/aromatic N) is 4. The van der Waals surface area contributed by atoms with E-state index in [1.807, 2.05) is 30.3 Å². The van der Waals surface area contributed by atoms with Crippen LogP contribution in [0.3, 0.4) is 0 Å². The molecule has 4 aromatic rings. The smallest absolute Gasteiger partial charge is 0.324 e. The molecule has 0 aliphatic carbocycles. The third kappa shape index (κ3) is 5.66. The normalized spacial score (nSPS) is 12.9. The number of aromatic nitrogens is 4. The van der Waals surface area contributed by atoms with Crippen molar-refractivity contribution < 1.29 is 14.3 Å². The first-order valence-electron chi connectivity index (χ1n) is 11.6. The number of aromatic amines is 1. The fraction of sp³-hybridized carbons (Fsp3) is 0.192. The monoisotopic (exact) mass is 496 g/mol. The van der Waals surface area contributed by atoms with Gasteiger partial charge in [0.25, 0.3) is 5.91 Å². The Morgan fingerprint density at radius 1 is 0.973 bits per heavy atom. The third-order valence-corrected chi connectivity index (χ3v) is 5.67. The molecule has 0 spiro atoms. The highest BCUT2D eigenvalue weighted by atomic mass is 16.5. The first kappa shape index (κ1) is 23.8. The quantitative estimate of drug-likeness (QED) is 0.311. The van der Waals surface area contributed by atoms with E-state index >= 15 is 0 Å². The van der Waals surface area contributed by atoms with E-state index in [9.17, 15) is 9.59 Å². The molecule has 186 valence electrons. The van der Waals surface area contributed by atoms with Gasteiger partial charge in [0.05, 0.1) is 30.5 Å². The number of H-pyrrole nitrogens is 1. The number of hydrogen-bond donors (Lipinski definition) is 4. The molecule has 1 aromatic carbocycles. The van der Waals surface area contributed by atoms with Crippen molar-refractivity contribution in [3.05, 3.63) is 55.0 Å². The van der Waals surface area contributed by atoms with Crippen LogP contribution in [-0.4, -0.2) is 58.2 Å². The lowest BCUT2D eigenvalue weighted by Gasteiger charge is -2.27. The van der Waals surface area contributed by atoms with Gasteiger partial charge in [-0.15, -0.1) is 0 Å². The summed E-state index contributed by atoms with van der Waals surface area (Å²) in [6.07, 6.45) is 3.01. The van der Waals surface area contributed by atoms with Crippen molar-refractivity contribution in [1.29, 1.82) is 0 Å². The highest BCUT2D eigenvalue weighted by Gasteiger charge is 2.17. The number of fused-ring (bicyclic) bond motifs is 1. The Kier molecular flexibility index (Phi) is 6.91. The third-order valence-electron chi connectivity index (χ3n) is 5.67. The van der Waals surface area contributed by atoms with Crippen molar-refractivity contribution in [3.8, 4) is 23.1 Å². The molecular formula is C26H24N8O3. The van der Waals surface area contributed by atoms with Gasteiger partial charge in [-0.2, -0.15) is 0 Å². The number of carbonyl (C=O) groups is 2. The summed E-state index contributed by atoms with van der Waals surface area (Å²) in [5.41, 5.74) is 3.72. The van der Waals surface area contributed by atoms with Gasteiger partial charge in [-0.25, -0.2) is 19.7 Å². The number of amides is 3. The van der Waals surface area contributed by atoms with E-state index < -0.39 is 11.9 Å². The average molecular weight is 497 g/mol. The van der Waals surface area contributed by atoms with Crippen LogP contribution >= 0.6 is 0 Å². The van der Waals surface area contributed by atoms with Gasteiger partial charge in [-0.1, -0.05) is 18.1 Å². The van der Waals surface area contributed by atoms with Crippen molar-refractivity contribution in [2.45, 2.75) is 6.92 Å². The Labute approximate surface area is 212 Å². The minimum atomic E-state index is -0.440. The maximum absolute atomic E-state index is 12.4. The zero-order valence-corrected chi connectivity index (χ0v) is 20.0. The van der Waals surface area contributed by atoms with E-state index in [-0.39, 0.29) is 0 Å². The van der Waals surface area contributed by atoms with Gasteiger partial charge < -0.3 is 25.3 Å². The molecule has 4 N–H and O–H groups in total. The molecule has 3 aromatic heterocycles. The Morgan fingerprint density at radius 3 is 2.49 bits per heavy atom. The summed E-state index contributed by atoms with van der Waals surface area (Å²) in [6.45, 7) is 4.52. The van der Waals surface area contributed by atoms with Crippen LogP contribution in [0.5, 0.6) is 0 Å². The summed E-state index contributed by atoms with van der Waals surface area (Å²) in [6, 6.07) is 12.3. The average Bonchev–Trinajstić information content (AvgIpc) is 3.35. The zero-order valence-electron chi connectivity index (χ0n) is 20.0. The second-order valence-electron chi connectivity index (χ2n) is 8.16. The molecule has 5 rings (SSSR count). The molecule has 0 bridgehead atoms. The lowest BCUT2D eigenvalue weighted by molar-refractivity contribution is -0.111. The maximum atomic E-state index is 12.4. The Balaban J connectivity index is 1.22. The minimum Gasteiger partial charge on any atom is -0.378 e. The molecule has 1 aliphatic rings. The van der Waals surface area contributed by atoms with Crippen molar-refractivity contribution in [3.63, 3.8) is 0 Å². The number of benzene rings is 1. The van der Waals surface area contributed by atoms with Crippen LogP contribution < -0.4 is 20.9 Å². The Bertz CT molecular complexity index is 1480. The molecule has 4 heterocycles. The standard InChI is InChI=1S/C26H24N8O3/c1-2-3-23(35)30-19-8-9-22(27-15-19)33-26(36)31-18-6-4-17(5-7-18)21-14-20-24(32-21)28-16-29-25(20)34-10-12-37-13-11-34/h4-9,14-16H,10-13H2,1H3,(H,30,35)(H,28,29,32)(H2,27,31,33,36). The van der Waals surface area contributed by atoms with Crippen molar-refractivity contribution in [2.75, 3.05) is 47.2 Å². The van der Waals surface area contributed by atoms with E-state index in [0.717, 1.165) is 41.2 Å². The number of urea groups is 1. The SMILES string of the molecule is CC#CC(=O)Nc1ccc(NC(=O)Nc2ccc(-c3cc4c(N5CCOCC5)ncnc4[nH]3)cc2)nc1. The number of hydrogen-bond acceptors (Lipinski definition) is 7. The summed E-state index contributed by atoms with van der Waals surface area (Å²) in [4.78, 5) is 42.5. The molecular weight excluding hydrogens is 472 g/mol. The first-order chi connectivity index (χ1) is 18.1. The molecule has 11 nitrogen and oxygen atoms in total. The van der Waals surface area contributed by atoms with Gasteiger partial charge in [0, 0.05) is 24.5 Å². The minimum absolute atomic E-state index is 0.337. The molecule has 0 unspecified atom stereocenters. The van der Waals surface area contributed by atoms with E-state index in [4.69, 9.17) is 4.74 Å². The van der Waals surface area contributed by atoms with Crippen LogP contribution in [0.1, 0.15) is 6.92 Å². The second kappa shape index (κ2) is 10.8. The van der Waals surface area contributed by atoms with Gasteiger partial charge in [0.15, 0.2) is 0 Å². The number of rotatable bonds is 5. The molecule has 1 saturated heterocycles. The number of morpholine rings is 1. The number of pyridine rings is 1. The van der Waals surface area contributed by atoms with Crippen molar-refractivity contribution >= 4 is 46.0 Å². The molecule has 37 heavy (non-hydrogen) atoms. The summed E-state index contributed by atoms with van der Waals surface area (Å²) in [7, 11) is 0. The lowest BCUT2D eigenvalue weighted by Crippen LogP contribution is -2.36. The van der Waals surface area contributed by atoms with Crippen LogP contribution in [0.2, 0.25) is 0 Å². The predicted molar refractivity (Wildman–Crippen MR) is 141 cm³/mol. The van der Waals surface area contributed by atoms with Crippen molar-refractivity contribution in [2.24, 2.45) is 0 Å². The van der Waals surface area contributed by atoms with Crippen LogP contribution in [0.4, 0.5) is 27.8 Å². The molecule has 11 heteroatoms. The summed E-state index contributed by atoms with van der Waals surface area (Å²) < 4.78 is 5.46. The first-order valence-corrected chi connectivity index (χ1v) is 11.6. The van der Waals surface area contributed by atoms with Gasteiger partial charge in [-0.05, 0) is 48.7 Å². The molecule has 0 atom stereocenters. The number of carbonyl (C=O) groups excluding carboxylic acids is 2. The zero-order chi connectivity index (χ0) is 25.6. The van der Waals surface area contributed by atoms with E-state index in [2.05, 4.69) is 52.6 Å². The summed E-state index contributed by atoms with van der Waals surface area (Å²) >= 11 is 0. The maximum Gasteiger partial charge on any atom is 0.324 e. The Hall–Kier alpha value is -4.95. The molecule has 1 aliphatic heterocycles. The number of nitrogens with one attached hydrogen (secondary N) is 4. The fourth-order valence-corrected chi connectivity index (χ4v) is 3.94. The molecule has 0 saturated carbocycles.